The summed E-state index contributed by atoms with van der Waals surface area (Å²) in [5.74, 6) is 1.69. The number of aromatic nitrogens is 1. The number of aryl methyl sites for hydroxylation is 1. The highest BCUT2D eigenvalue weighted by molar-refractivity contribution is 7.10. The Morgan fingerprint density at radius 3 is 2.89 bits per heavy atom. The molecule has 0 spiro atoms. The number of carbonyl (C=O) groups excluding carboxylic acids is 1. The first-order valence-electron chi connectivity index (χ1n) is 9.50. The Labute approximate surface area is 168 Å². The summed E-state index contributed by atoms with van der Waals surface area (Å²) in [5.41, 5.74) is 5.16. The third-order valence-corrected chi connectivity index (χ3v) is 6.62. The lowest BCUT2D eigenvalue weighted by atomic mass is 10.1. The molecule has 0 saturated carbocycles. The van der Waals surface area contributed by atoms with Gasteiger partial charge in [-0.1, -0.05) is 0 Å². The Balaban J connectivity index is 1.39. The van der Waals surface area contributed by atoms with Crippen molar-refractivity contribution in [2.75, 3.05) is 19.9 Å². The third-order valence-electron chi connectivity index (χ3n) is 5.60. The number of ketones is 1. The summed E-state index contributed by atoms with van der Waals surface area (Å²) in [6, 6.07) is 10.1. The van der Waals surface area contributed by atoms with Gasteiger partial charge in [-0.3, -0.25) is 9.69 Å². The Bertz CT molecular complexity index is 1070. The lowest BCUT2D eigenvalue weighted by Gasteiger charge is -2.26. The van der Waals surface area contributed by atoms with Crippen LogP contribution < -0.4 is 9.47 Å². The van der Waals surface area contributed by atoms with E-state index < -0.39 is 0 Å². The number of hydrogen-bond donors (Lipinski definition) is 0. The van der Waals surface area contributed by atoms with Gasteiger partial charge in [-0.15, -0.1) is 11.3 Å². The molecular weight excluding hydrogens is 372 g/mol. The van der Waals surface area contributed by atoms with E-state index in [4.69, 9.17) is 9.47 Å². The maximum absolute atomic E-state index is 13.1. The van der Waals surface area contributed by atoms with Gasteiger partial charge >= 0.3 is 0 Å². The van der Waals surface area contributed by atoms with Gasteiger partial charge in [0.25, 0.3) is 0 Å². The van der Waals surface area contributed by atoms with Gasteiger partial charge in [0.1, 0.15) is 0 Å². The Morgan fingerprint density at radius 2 is 2.00 bits per heavy atom. The first-order valence-corrected chi connectivity index (χ1v) is 10.4. The second kappa shape index (κ2) is 6.79. The van der Waals surface area contributed by atoms with Crippen molar-refractivity contribution in [2.24, 2.45) is 0 Å². The number of carbonyl (C=O) groups is 1. The van der Waals surface area contributed by atoms with Gasteiger partial charge in [0, 0.05) is 46.7 Å². The van der Waals surface area contributed by atoms with Gasteiger partial charge in [0.15, 0.2) is 17.3 Å². The van der Waals surface area contributed by atoms with E-state index in [1.54, 1.807) is 0 Å². The molecule has 28 heavy (non-hydrogen) atoms. The maximum atomic E-state index is 13.1. The molecule has 0 fully saturated rings. The Kier molecular flexibility index (Phi) is 4.25. The average molecular weight is 394 g/mol. The van der Waals surface area contributed by atoms with Gasteiger partial charge in [-0.2, -0.15) is 0 Å². The number of benzene rings is 1. The predicted octanol–water partition coefficient (Wildman–Crippen LogP) is 4.13. The number of nitrogens with zero attached hydrogens (tertiary/aromatic N) is 2. The van der Waals surface area contributed by atoms with E-state index in [2.05, 4.69) is 20.9 Å². The van der Waals surface area contributed by atoms with E-state index in [1.165, 1.54) is 10.4 Å². The minimum atomic E-state index is 0.179. The van der Waals surface area contributed by atoms with Crippen molar-refractivity contribution in [3.8, 4) is 17.2 Å². The standard InChI is InChI=1S/C22H22N2O3S/c1-14-9-18(19(25)12-23-7-5-22-16(11-23)6-8-28-22)15(2)24(14)17-3-4-20-21(10-17)27-13-26-20/h3-4,6,8-10H,5,7,11-13H2,1-2H3. The number of thiophene rings is 1. The van der Waals surface area contributed by atoms with Crippen LogP contribution in [0.25, 0.3) is 5.69 Å². The van der Waals surface area contributed by atoms with E-state index in [1.807, 2.05) is 49.4 Å². The van der Waals surface area contributed by atoms with Gasteiger partial charge < -0.3 is 14.0 Å². The van der Waals surface area contributed by atoms with Crippen molar-refractivity contribution in [3.63, 3.8) is 0 Å². The van der Waals surface area contributed by atoms with E-state index in [9.17, 15) is 4.79 Å². The SMILES string of the molecule is Cc1cc(C(=O)CN2CCc3sccc3C2)c(C)n1-c1ccc2c(c1)OCO2. The highest BCUT2D eigenvalue weighted by Gasteiger charge is 2.23. The molecule has 0 unspecified atom stereocenters. The molecule has 2 aliphatic heterocycles. The first kappa shape index (κ1) is 17.5. The number of hydrogen-bond acceptors (Lipinski definition) is 5. The number of rotatable bonds is 4. The van der Waals surface area contributed by atoms with Gasteiger partial charge in [0.05, 0.1) is 6.54 Å². The molecule has 0 N–H and O–H groups in total. The highest BCUT2D eigenvalue weighted by Crippen LogP contribution is 2.35. The van der Waals surface area contributed by atoms with Crippen molar-refractivity contribution in [2.45, 2.75) is 26.8 Å². The topological polar surface area (TPSA) is 43.7 Å². The van der Waals surface area contributed by atoms with Crippen LogP contribution in [-0.4, -0.2) is 35.1 Å². The van der Waals surface area contributed by atoms with Gasteiger partial charge in [-0.05, 0) is 55.5 Å². The number of ether oxygens (including phenoxy) is 2. The van der Waals surface area contributed by atoms with Gasteiger partial charge in [-0.25, -0.2) is 0 Å². The van der Waals surface area contributed by atoms with Crippen LogP contribution in [0.15, 0.2) is 35.7 Å². The lowest BCUT2D eigenvalue weighted by molar-refractivity contribution is 0.0921. The Hall–Kier alpha value is -2.57. The molecule has 0 atom stereocenters. The molecule has 6 heteroatoms. The molecular formula is C22H22N2O3S. The molecule has 0 bridgehead atoms. The number of Topliss-reactive ketones (excluding diaryl/α,β-unsaturated/α-hetero) is 1. The van der Waals surface area contributed by atoms with E-state index in [0.29, 0.717) is 6.54 Å². The summed E-state index contributed by atoms with van der Waals surface area (Å²) < 4.78 is 13.0. The van der Waals surface area contributed by atoms with Crippen LogP contribution in [0.1, 0.15) is 32.2 Å². The zero-order valence-electron chi connectivity index (χ0n) is 16.0. The molecule has 3 aromatic rings. The molecule has 2 aromatic heterocycles. The molecule has 0 radical (unpaired) electrons. The van der Waals surface area contributed by atoms with Crippen LogP contribution in [-0.2, 0) is 13.0 Å². The quantitative estimate of drug-likeness (QED) is 0.624. The van der Waals surface area contributed by atoms with Crippen molar-refractivity contribution in [1.82, 2.24) is 9.47 Å². The van der Waals surface area contributed by atoms with Crippen LogP contribution in [0.3, 0.4) is 0 Å². The zero-order chi connectivity index (χ0) is 19.3. The summed E-state index contributed by atoms with van der Waals surface area (Å²) >= 11 is 1.82. The molecule has 0 saturated heterocycles. The monoisotopic (exact) mass is 394 g/mol. The minimum absolute atomic E-state index is 0.179. The fourth-order valence-electron chi connectivity index (χ4n) is 4.20. The average Bonchev–Trinajstić information content (AvgIpc) is 3.39. The molecule has 0 amide bonds. The fourth-order valence-corrected chi connectivity index (χ4v) is 5.09. The van der Waals surface area contributed by atoms with Crippen molar-refractivity contribution >= 4 is 17.1 Å². The van der Waals surface area contributed by atoms with Gasteiger partial charge in [0.2, 0.25) is 6.79 Å². The van der Waals surface area contributed by atoms with Crippen LogP contribution in [0.4, 0.5) is 0 Å². The predicted molar refractivity (Wildman–Crippen MR) is 109 cm³/mol. The summed E-state index contributed by atoms with van der Waals surface area (Å²) in [6.45, 7) is 6.57. The van der Waals surface area contributed by atoms with Crippen molar-refractivity contribution in [3.05, 3.63) is 63.1 Å². The second-order valence-electron chi connectivity index (χ2n) is 7.41. The summed E-state index contributed by atoms with van der Waals surface area (Å²) in [7, 11) is 0. The van der Waals surface area contributed by atoms with Crippen molar-refractivity contribution < 1.29 is 14.3 Å². The summed E-state index contributed by atoms with van der Waals surface area (Å²) in [4.78, 5) is 16.8. The molecule has 5 nitrogen and oxygen atoms in total. The second-order valence-corrected chi connectivity index (χ2v) is 8.41. The van der Waals surface area contributed by atoms with Crippen LogP contribution in [0.2, 0.25) is 0 Å². The highest BCUT2D eigenvalue weighted by atomic mass is 32.1. The molecule has 1 aromatic carbocycles. The molecule has 5 rings (SSSR count). The largest absolute Gasteiger partial charge is 0.454 e. The first-order chi connectivity index (χ1) is 13.6. The Morgan fingerprint density at radius 1 is 1.14 bits per heavy atom. The normalized spacial score (nSPS) is 15.6. The summed E-state index contributed by atoms with van der Waals surface area (Å²) in [6.07, 6.45) is 1.04. The third kappa shape index (κ3) is 2.93. The lowest BCUT2D eigenvalue weighted by Crippen LogP contribution is -2.34. The minimum Gasteiger partial charge on any atom is -0.454 e. The van der Waals surface area contributed by atoms with Crippen molar-refractivity contribution in [1.29, 1.82) is 0 Å². The summed E-state index contributed by atoms with van der Waals surface area (Å²) in [5, 5.41) is 2.15. The smallest absolute Gasteiger partial charge is 0.231 e. The molecule has 144 valence electrons. The maximum Gasteiger partial charge on any atom is 0.231 e. The van der Waals surface area contributed by atoms with Crippen LogP contribution >= 0.6 is 11.3 Å². The van der Waals surface area contributed by atoms with E-state index in [0.717, 1.165) is 53.6 Å². The van der Waals surface area contributed by atoms with E-state index in [-0.39, 0.29) is 12.6 Å². The molecule has 4 heterocycles. The zero-order valence-corrected chi connectivity index (χ0v) is 16.8. The number of fused-ring (bicyclic) bond motifs is 2. The molecule has 2 aliphatic rings. The fraction of sp³-hybridized carbons (Fsp3) is 0.318. The van der Waals surface area contributed by atoms with Crippen LogP contribution in [0.5, 0.6) is 11.5 Å². The van der Waals surface area contributed by atoms with E-state index >= 15 is 0 Å². The van der Waals surface area contributed by atoms with Crippen LogP contribution in [0, 0.1) is 13.8 Å². The molecule has 0 aliphatic carbocycles.